The van der Waals surface area contributed by atoms with E-state index in [2.05, 4.69) is 39.8 Å². The van der Waals surface area contributed by atoms with Gasteiger partial charge in [-0.05, 0) is 42.0 Å². The Bertz CT molecular complexity index is 1130. The second-order valence-electron chi connectivity index (χ2n) is 7.12. The van der Waals surface area contributed by atoms with Gasteiger partial charge in [0.2, 0.25) is 0 Å². The number of hydrogen-bond acceptors (Lipinski definition) is 4. The number of hydrogen-bond donors (Lipinski definition) is 0. The van der Waals surface area contributed by atoms with Crippen LogP contribution in [0.1, 0.15) is 17.0 Å². The van der Waals surface area contributed by atoms with Crippen molar-refractivity contribution in [2.24, 2.45) is 0 Å². The third kappa shape index (κ3) is 3.03. The number of imidazole rings is 1. The quantitative estimate of drug-likeness (QED) is 0.703. The van der Waals surface area contributed by atoms with Crippen LogP contribution in [0.25, 0.3) is 11.0 Å². The lowest BCUT2D eigenvalue weighted by molar-refractivity contribution is 0.306. The Balaban J connectivity index is 1.31. The first-order valence-corrected chi connectivity index (χ1v) is 9.54. The summed E-state index contributed by atoms with van der Waals surface area (Å²) in [4.78, 5) is 7.30. The van der Waals surface area contributed by atoms with Gasteiger partial charge in [0.25, 0.3) is 0 Å². The fraction of sp³-hybridized carbons (Fsp3) is 0.217. The van der Waals surface area contributed by atoms with Crippen molar-refractivity contribution in [1.82, 2.24) is 14.5 Å². The minimum Gasteiger partial charge on any atom is -0.489 e. The fourth-order valence-electron chi connectivity index (χ4n) is 3.75. The molecular formula is C23H20N4O. The minimum absolute atomic E-state index is 0.475. The largest absolute Gasteiger partial charge is 0.489 e. The van der Waals surface area contributed by atoms with E-state index in [1.165, 1.54) is 11.2 Å². The lowest BCUT2D eigenvalue weighted by atomic mass is 10.1. The van der Waals surface area contributed by atoms with Crippen molar-refractivity contribution in [3.63, 3.8) is 0 Å². The Labute approximate surface area is 163 Å². The number of nitrogens with zero attached hydrogens (tertiary/aromatic N) is 4. The van der Waals surface area contributed by atoms with E-state index in [1.807, 2.05) is 36.4 Å². The van der Waals surface area contributed by atoms with Gasteiger partial charge in [-0.2, -0.15) is 5.26 Å². The molecule has 5 rings (SSSR count). The number of nitriles is 1. The molecule has 1 aliphatic heterocycles. The van der Waals surface area contributed by atoms with Gasteiger partial charge in [0, 0.05) is 37.8 Å². The molecule has 0 fully saturated rings. The zero-order valence-electron chi connectivity index (χ0n) is 15.5. The number of rotatable bonds is 4. The third-order valence-corrected chi connectivity index (χ3v) is 5.39. The monoisotopic (exact) mass is 368 g/mol. The highest BCUT2D eigenvalue weighted by Crippen LogP contribution is 2.25. The molecule has 1 aromatic heterocycles. The summed E-state index contributed by atoms with van der Waals surface area (Å²) in [5.41, 5.74) is 5.19. The van der Waals surface area contributed by atoms with Gasteiger partial charge in [-0.25, -0.2) is 4.98 Å². The fourth-order valence-corrected chi connectivity index (χ4v) is 3.75. The van der Waals surface area contributed by atoms with Gasteiger partial charge in [-0.15, -0.1) is 0 Å². The van der Waals surface area contributed by atoms with Crippen LogP contribution in [0.4, 0.5) is 0 Å². The molecule has 28 heavy (non-hydrogen) atoms. The third-order valence-electron chi connectivity index (χ3n) is 5.39. The Morgan fingerprint density at radius 2 is 1.93 bits per heavy atom. The van der Waals surface area contributed by atoms with E-state index in [-0.39, 0.29) is 0 Å². The normalized spacial score (nSPS) is 15.4. The van der Waals surface area contributed by atoms with Crippen LogP contribution in [0.5, 0.6) is 5.75 Å². The number of ether oxygens (including phenoxy) is 1. The molecule has 0 saturated carbocycles. The highest BCUT2D eigenvalue weighted by molar-refractivity contribution is 5.78. The Morgan fingerprint density at radius 1 is 1.07 bits per heavy atom. The topological polar surface area (TPSA) is 54.1 Å². The molecule has 0 unspecified atom stereocenters. The van der Waals surface area contributed by atoms with E-state index in [1.54, 1.807) is 0 Å². The van der Waals surface area contributed by atoms with E-state index in [4.69, 9.17) is 15.0 Å². The van der Waals surface area contributed by atoms with Gasteiger partial charge in [-0.3, -0.25) is 0 Å². The van der Waals surface area contributed by atoms with Crippen LogP contribution in [-0.2, 0) is 19.6 Å². The molecule has 0 N–H and O–H groups in total. The van der Waals surface area contributed by atoms with Gasteiger partial charge in [-0.1, -0.05) is 18.2 Å². The van der Waals surface area contributed by atoms with Crippen LogP contribution in [0.2, 0.25) is 0 Å². The van der Waals surface area contributed by atoms with Crippen LogP contribution in [0.3, 0.4) is 0 Å². The van der Waals surface area contributed by atoms with E-state index >= 15 is 0 Å². The number of allylic oxidation sites excluding steroid dienone is 3. The van der Waals surface area contributed by atoms with Crippen LogP contribution >= 0.6 is 0 Å². The summed E-state index contributed by atoms with van der Waals surface area (Å²) in [5, 5.41) is 8.88. The Kier molecular flexibility index (Phi) is 4.10. The van der Waals surface area contributed by atoms with E-state index < -0.39 is 0 Å². The van der Waals surface area contributed by atoms with Crippen molar-refractivity contribution < 1.29 is 4.74 Å². The van der Waals surface area contributed by atoms with Crippen molar-refractivity contribution in [3.05, 3.63) is 83.3 Å². The second kappa shape index (κ2) is 6.90. The average molecular weight is 368 g/mol. The van der Waals surface area contributed by atoms with Crippen LogP contribution < -0.4 is 4.74 Å². The van der Waals surface area contributed by atoms with Crippen molar-refractivity contribution in [2.75, 3.05) is 13.1 Å². The summed E-state index contributed by atoms with van der Waals surface area (Å²) in [6.07, 6.45) is 7.38. The average Bonchev–Trinajstić information content (AvgIpc) is 2.91. The van der Waals surface area contributed by atoms with Crippen LogP contribution in [0, 0.1) is 11.3 Å². The molecule has 3 aromatic rings. The molecule has 138 valence electrons. The highest BCUT2D eigenvalue weighted by Gasteiger charge is 2.19. The molecule has 1 aliphatic carbocycles. The standard InChI is InChI=1S/C23H20N4O/c24-15-17-4-6-18(7-5-17)16-28-20-8-9-22-21(14-20)25-23-10-11-26(12-13-27(22)23)19-2-1-3-19/h1-9,14H,10-13,16H2. The molecule has 5 heteroatoms. The van der Waals surface area contributed by atoms with Gasteiger partial charge in [0.05, 0.1) is 22.7 Å². The van der Waals surface area contributed by atoms with Gasteiger partial charge in [0.1, 0.15) is 18.2 Å². The van der Waals surface area contributed by atoms with Gasteiger partial charge >= 0.3 is 0 Å². The molecule has 2 aromatic carbocycles. The number of fused-ring (bicyclic) bond motifs is 3. The molecule has 2 heterocycles. The highest BCUT2D eigenvalue weighted by atomic mass is 16.5. The molecule has 0 radical (unpaired) electrons. The summed E-state index contributed by atoms with van der Waals surface area (Å²) in [5.74, 6) is 1.96. The molecule has 0 atom stereocenters. The molecule has 0 saturated heterocycles. The second-order valence-corrected chi connectivity index (χ2v) is 7.12. The van der Waals surface area contributed by atoms with Crippen LogP contribution in [-0.4, -0.2) is 27.5 Å². The molecule has 2 aliphatic rings. The lowest BCUT2D eigenvalue weighted by Crippen LogP contribution is -2.26. The maximum Gasteiger partial charge on any atom is 0.122 e. The van der Waals surface area contributed by atoms with E-state index in [0.29, 0.717) is 12.2 Å². The molecule has 0 bridgehead atoms. The Morgan fingerprint density at radius 3 is 2.68 bits per heavy atom. The van der Waals surface area contributed by atoms with Crippen molar-refractivity contribution >= 4 is 11.0 Å². The number of aromatic nitrogens is 2. The smallest absolute Gasteiger partial charge is 0.122 e. The Hall–Kier alpha value is -3.52. The maximum absolute atomic E-state index is 8.88. The van der Waals surface area contributed by atoms with Crippen molar-refractivity contribution in [2.45, 2.75) is 19.6 Å². The SMILES string of the molecule is N#Cc1ccc(COc2ccc3c(c2)nc2n3CCN(C3=CC=C3)CC2)cc1. The molecule has 0 spiro atoms. The summed E-state index contributed by atoms with van der Waals surface area (Å²) in [6.45, 7) is 3.43. The molecule has 0 amide bonds. The maximum atomic E-state index is 8.88. The summed E-state index contributed by atoms with van der Waals surface area (Å²) in [6, 6.07) is 15.8. The predicted molar refractivity (Wildman–Crippen MR) is 108 cm³/mol. The van der Waals surface area contributed by atoms with Gasteiger partial charge in [0.15, 0.2) is 0 Å². The molecule has 5 nitrogen and oxygen atoms in total. The first-order chi connectivity index (χ1) is 13.8. The zero-order chi connectivity index (χ0) is 18.9. The van der Waals surface area contributed by atoms with Crippen molar-refractivity contribution in [1.29, 1.82) is 5.26 Å². The minimum atomic E-state index is 0.475. The van der Waals surface area contributed by atoms with Crippen molar-refractivity contribution in [3.8, 4) is 11.8 Å². The molecular weight excluding hydrogens is 348 g/mol. The lowest BCUT2D eigenvalue weighted by Gasteiger charge is -2.25. The zero-order valence-corrected chi connectivity index (χ0v) is 15.5. The summed E-state index contributed by atoms with van der Waals surface area (Å²) in [7, 11) is 0. The van der Waals surface area contributed by atoms with E-state index in [0.717, 1.165) is 48.7 Å². The first kappa shape index (κ1) is 16.6. The summed E-state index contributed by atoms with van der Waals surface area (Å²) >= 11 is 0. The summed E-state index contributed by atoms with van der Waals surface area (Å²) < 4.78 is 8.28. The first-order valence-electron chi connectivity index (χ1n) is 9.54. The van der Waals surface area contributed by atoms with Crippen LogP contribution in [0.15, 0.2) is 66.4 Å². The van der Waals surface area contributed by atoms with E-state index in [9.17, 15) is 0 Å². The predicted octanol–water partition coefficient (Wildman–Crippen LogP) is 3.80. The number of benzene rings is 2. The van der Waals surface area contributed by atoms with Gasteiger partial charge < -0.3 is 14.2 Å².